The third-order valence-electron chi connectivity index (χ3n) is 4.10. The SMILES string of the molecule is OC(CC1CCCN1Cc1ccncc1Cl)c1ccco1. The quantitative estimate of drug-likeness (QED) is 0.919. The van der Waals surface area contributed by atoms with Gasteiger partial charge in [0.2, 0.25) is 0 Å². The van der Waals surface area contributed by atoms with Gasteiger partial charge in [-0.3, -0.25) is 9.88 Å². The summed E-state index contributed by atoms with van der Waals surface area (Å²) in [6.45, 7) is 1.84. The molecule has 2 atom stereocenters. The van der Waals surface area contributed by atoms with Gasteiger partial charge in [0.15, 0.2) is 0 Å². The Morgan fingerprint density at radius 1 is 1.48 bits per heavy atom. The van der Waals surface area contributed by atoms with E-state index in [0.717, 1.165) is 31.5 Å². The molecule has 0 radical (unpaired) electrons. The van der Waals surface area contributed by atoms with E-state index < -0.39 is 6.10 Å². The lowest BCUT2D eigenvalue weighted by atomic mass is 10.0. The summed E-state index contributed by atoms with van der Waals surface area (Å²) in [5.41, 5.74) is 1.09. The lowest BCUT2D eigenvalue weighted by molar-refractivity contribution is 0.0995. The number of aliphatic hydroxyl groups excluding tert-OH is 1. The van der Waals surface area contributed by atoms with Crippen LogP contribution >= 0.6 is 11.6 Å². The second-order valence-corrected chi connectivity index (χ2v) is 5.91. The van der Waals surface area contributed by atoms with Crippen molar-refractivity contribution >= 4 is 11.6 Å². The van der Waals surface area contributed by atoms with Crippen molar-refractivity contribution < 1.29 is 9.52 Å². The Hall–Kier alpha value is -1.36. The van der Waals surface area contributed by atoms with Crippen LogP contribution in [-0.2, 0) is 6.54 Å². The molecule has 3 heterocycles. The molecule has 2 unspecified atom stereocenters. The number of hydrogen-bond acceptors (Lipinski definition) is 4. The second-order valence-electron chi connectivity index (χ2n) is 5.50. The summed E-state index contributed by atoms with van der Waals surface area (Å²) in [5, 5.41) is 11.0. The van der Waals surface area contributed by atoms with Crippen molar-refractivity contribution in [3.05, 3.63) is 53.2 Å². The Labute approximate surface area is 129 Å². The van der Waals surface area contributed by atoms with Gasteiger partial charge in [0.1, 0.15) is 11.9 Å². The minimum Gasteiger partial charge on any atom is -0.467 e. The molecule has 2 aromatic heterocycles. The van der Waals surface area contributed by atoms with E-state index in [2.05, 4.69) is 9.88 Å². The number of furan rings is 1. The van der Waals surface area contributed by atoms with Crippen LogP contribution in [-0.4, -0.2) is 27.6 Å². The van der Waals surface area contributed by atoms with Gasteiger partial charge >= 0.3 is 0 Å². The van der Waals surface area contributed by atoms with E-state index in [1.54, 1.807) is 18.7 Å². The molecule has 0 saturated carbocycles. The fraction of sp³-hybridized carbons (Fsp3) is 0.438. The molecule has 0 bridgehead atoms. The Morgan fingerprint density at radius 2 is 2.38 bits per heavy atom. The molecule has 21 heavy (non-hydrogen) atoms. The predicted octanol–water partition coefficient (Wildman–Crippen LogP) is 3.42. The van der Waals surface area contributed by atoms with Crippen molar-refractivity contribution in [3.8, 4) is 0 Å². The van der Waals surface area contributed by atoms with Gasteiger partial charge in [-0.25, -0.2) is 0 Å². The standard InChI is InChI=1S/C16H19ClN2O2/c17-14-10-18-6-5-12(14)11-19-7-1-3-13(19)9-15(20)16-4-2-8-21-16/h2,4-6,8,10,13,15,20H,1,3,7,9,11H2. The van der Waals surface area contributed by atoms with Gasteiger partial charge in [0.25, 0.3) is 0 Å². The molecule has 4 nitrogen and oxygen atoms in total. The normalized spacial score (nSPS) is 20.8. The molecular formula is C16H19ClN2O2. The monoisotopic (exact) mass is 306 g/mol. The highest BCUT2D eigenvalue weighted by Crippen LogP contribution is 2.29. The Balaban J connectivity index is 1.64. The van der Waals surface area contributed by atoms with E-state index in [-0.39, 0.29) is 0 Å². The van der Waals surface area contributed by atoms with Crippen LogP contribution in [0.15, 0.2) is 41.3 Å². The molecule has 0 aromatic carbocycles. The van der Waals surface area contributed by atoms with Crippen LogP contribution in [0.4, 0.5) is 0 Å². The smallest absolute Gasteiger partial charge is 0.132 e. The molecule has 1 aliphatic rings. The molecule has 0 spiro atoms. The predicted molar refractivity (Wildman–Crippen MR) is 81.0 cm³/mol. The molecule has 5 heteroatoms. The van der Waals surface area contributed by atoms with Gasteiger partial charge in [-0.1, -0.05) is 11.6 Å². The molecule has 0 amide bonds. The number of aliphatic hydroxyl groups is 1. The summed E-state index contributed by atoms with van der Waals surface area (Å²) in [4.78, 5) is 6.40. The van der Waals surface area contributed by atoms with Crippen molar-refractivity contribution in [2.75, 3.05) is 6.54 Å². The van der Waals surface area contributed by atoms with Gasteiger partial charge in [-0.2, -0.15) is 0 Å². The summed E-state index contributed by atoms with van der Waals surface area (Å²) >= 11 is 6.18. The molecule has 1 aliphatic heterocycles. The summed E-state index contributed by atoms with van der Waals surface area (Å²) in [7, 11) is 0. The first-order valence-electron chi connectivity index (χ1n) is 7.28. The van der Waals surface area contributed by atoms with Gasteiger partial charge in [-0.05, 0) is 49.6 Å². The van der Waals surface area contributed by atoms with Crippen molar-refractivity contribution in [2.45, 2.75) is 38.0 Å². The molecule has 2 aromatic rings. The van der Waals surface area contributed by atoms with Crippen molar-refractivity contribution in [1.29, 1.82) is 0 Å². The first-order chi connectivity index (χ1) is 10.2. The zero-order valence-electron chi connectivity index (χ0n) is 11.8. The van der Waals surface area contributed by atoms with Crippen LogP contribution in [0.25, 0.3) is 0 Å². The zero-order valence-corrected chi connectivity index (χ0v) is 12.5. The lowest BCUT2D eigenvalue weighted by Gasteiger charge is -2.26. The van der Waals surface area contributed by atoms with Crippen LogP contribution in [0.2, 0.25) is 5.02 Å². The largest absolute Gasteiger partial charge is 0.467 e. The molecule has 1 fully saturated rings. The second kappa shape index (κ2) is 6.60. The highest BCUT2D eigenvalue weighted by Gasteiger charge is 2.28. The van der Waals surface area contributed by atoms with Crippen LogP contribution < -0.4 is 0 Å². The third-order valence-corrected chi connectivity index (χ3v) is 4.44. The van der Waals surface area contributed by atoms with Crippen LogP contribution in [0.1, 0.15) is 36.7 Å². The Kier molecular flexibility index (Phi) is 4.58. The van der Waals surface area contributed by atoms with Crippen molar-refractivity contribution in [2.24, 2.45) is 0 Å². The molecular weight excluding hydrogens is 288 g/mol. The number of aromatic nitrogens is 1. The zero-order chi connectivity index (χ0) is 14.7. The first-order valence-corrected chi connectivity index (χ1v) is 7.66. The maximum Gasteiger partial charge on any atom is 0.132 e. The topological polar surface area (TPSA) is 49.5 Å². The first kappa shape index (κ1) is 14.6. The highest BCUT2D eigenvalue weighted by atomic mass is 35.5. The molecule has 1 saturated heterocycles. The minimum absolute atomic E-state index is 0.356. The molecule has 0 aliphatic carbocycles. The van der Waals surface area contributed by atoms with Gasteiger partial charge in [0.05, 0.1) is 11.3 Å². The van der Waals surface area contributed by atoms with Gasteiger partial charge in [-0.15, -0.1) is 0 Å². The van der Waals surface area contributed by atoms with Crippen LogP contribution in [0, 0.1) is 0 Å². The number of hydrogen-bond donors (Lipinski definition) is 1. The minimum atomic E-state index is -0.543. The van der Waals surface area contributed by atoms with Crippen molar-refractivity contribution in [1.82, 2.24) is 9.88 Å². The third kappa shape index (κ3) is 3.46. The number of nitrogens with zero attached hydrogens (tertiary/aromatic N) is 2. The van der Waals surface area contributed by atoms with E-state index in [9.17, 15) is 5.11 Å². The van der Waals surface area contributed by atoms with Gasteiger partial charge < -0.3 is 9.52 Å². The number of rotatable bonds is 5. The average molecular weight is 307 g/mol. The average Bonchev–Trinajstić information content (AvgIpc) is 3.13. The summed E-state index contributed by atoms with van der Waals surface area (Å²) in [5.74, 6) is 0.642. The van der Waals surface area contributed by atoms with E-state index in [1.165, 1.54) is 0 Å². The van der Waals surface area contributed by atoms with Crippen molar-refractivity contribution in [3.63, 3.8) is 0 Å². The van der Waals surface area contributed by atoms with E-state index >= 15 is 0 Å². The fourth-order valence-electron chi connectivity index (χ4n) is 2.98. The molecule has 3 rings (SSSR count). The number of halogens is 1. The van der Waals surface area contributed by atoms with Crippen LogP contribution in [0.3, 0.4) is 0 Å². The lowest BCUT2D eigenvalue weighted by Crippen LogP contribution is -2.30. The maximum atomic E-state index is 10.3. The highest BCUT2D eigenvalue weighted by molar-refractivity contribution is 6.31. The van der Waals surface area contributed by atoms with Crippen LogP contribution in [0.5, 0.6) is 0 Å². The summed E-state index contributed by atoms with van der Waals surface area (Å²) < 4.78 is 5.28. The fourth-order valence-corrected chi connectivity index (χ4v) is 3.16. The maximum absolute atomic E-state index is 10.3. The summed E-state index contributed by atoms with van der Waals surface area (Å²) in [6.07, 6.45) is 7.44. The number of likely N-dealkylation sites (tertiary alicyclic amines) is 1. The Bertz CT molecular complexity index is 573. The number of pyridine rings is 1. The summed E-state index contributed by atoms with van der Waals surface area (Å²) in [6, 6.07) is 5.95. The Morgan fingerprint density at radius 3 is 3.14 bits per heavy atom. The molecule has 1 N–H and O–H groups in total. The van der Waals surface area contributed by atoms with Gasteiger partial charge in [0, 0.05) is 25.0 Å². The van der Waals surface area contributed by atoms with E-state index in [0.29, 0.717) is 23.2 Å². The van der Waals surface area contributed by atoms with E-state index in [4.69, 9.17) is 16.0 Å². The molecule has 112 valence electrons. The van der Waals surface area contributed by atoms with E-state index in [1.807, 2.05) is 18.2 Å².